The maximum absolute atomic E-state index is 13.7. The summed E-state index contributed by atoms with van der Waals surface area (Å²) in [4.78, 5) is -0.534. The third kappa shape index (κ3) is 7.89. The fourth-order valence-electron chi connectivity index (χ4n) is 2.97. The highest BCUT2D eigenvalue weighted by atomic mass is 32.2. The first-order chi connectivity index (χ1) is 12.5. The number of unbranched alkanes of at least 4 members (excludes halogenated alkanes) is 11. The zero-order valence-electron chi connectivity index (χ0n) is 16.1. The first-order valence-corrected chi connectivity index (χ1v) is 10.9. The van der Waals surface area contributed by atoms with Gasteiger partial charge in [0.15, 0.2) is 23.3 Å². The third-order valence-corrected chi connectivity index (χ3v) is 5.83. The van der Waals surface area contributed by atoms with E-state index in [1.807, 2.05) is 0 Å². The van der Waals surface area contributed by atoms with E-state index in [4.69, 9.17) is 0 Å². The van der Waals surface area contributed by atoms with E-state index in [2.05, 4.69) is 6.92 Å². The average molecular weight is 393 g/mol. The second kappa shape index (κ2) is 13.5. The zero-order chi connectivity index (χ0) is 19.4. The Bertz CT molecular complexity index is 502. The van der Waals surface area contributed by atoms with Gasteiger partial charge < -0.3 is 0 Å². The topological polar surface area (TPSA) is 0 Å². The molecule has 5 heteroatoms. The van der Waals surface area contributed by atoms with Crippen LogP contribution in [0.3, 0.4) is 0 Å². The summed E-state index contributed by atoms with van der Waals surface area (Å²) < 4.78 is 54.5. The summed E-state index contributed by atoms with van der Waals surface area (Å²) in [5.41, 5.74) is -0.602. The molecule has 150 valence electrons. The van der Waals surface area contributed by atoms with Crippen molar-refractivity contribution in [1.82, 2.24) is 0 Å². The van der Waals surface area contributed by atoms with Crippen LogP contribution in [-0.4, -0.2) is 5.75 Å². The van der Waals surface area contributed by atoms with Crippen molar-refractivity contribution in [2.24, 2.45) is 0 Å². The molecular weight excluding hydrogens is 360 g/mol. The van der Waals surface area contributed by atoms with Gasteiger partial charge in [-0.15, -0.1) is 11.8 Å². The molecular formula is C21H32F4S. The van der Waals surface area contributed by atoms with Gasteiger partial charge in [-0.1, -0.05) is 77.6 Å². The Balaban J connectivity index is 2.10. The average Bonchev–Trinajstić information content (AvgIpc) is 2.64. The van der Waals surface area contributed by atoms with Crippen molar-refractivity contribution < 1.29 is 17.6 Å². The summed E-state index contributed by atoms with van der Waals surface area (Å²) in [5, 5.41) is 0. The maximum Gasteiger partial charge on any atom is 0.175 e. The van der Waals surface area contributed by atoms with E-state index in [1.54, 1.807) is 0 Å². The molecule has 0 aliphatic rings. The van der Waals surface area contributed by atoms with Crippen LogP contribution in [0.15, 0.2) is 4.90 Å². The van der Waals surface area contributed by atoms with Crippen LogP contribution >= 0.6 is 11.8 Å². The number of hydrogen-bond donors (Lipinski definition) is 0. The van der Waals surface area contributed by atoms with Crippen molar-refractivity contribution >= 4 is 11.8 Å². The summed E-state index contributed by atoms with van der Waals surface area (Å²) in [7, 11) is 0. The van der Waals surface area contributed by atoms with E-state index >= 15 is 0 Å². The van der Waals surface area contributed by atoms with Crippen molar-refractivity contribution in [3.05, 3.63) is 28.8 Å². The lowest BCUT2D eigenvalue weighted by molar-refractivity contribution is 0.418. The molecule has 0 aliphatic heterocycles. The van der Waals surface area contributed by atoms with Crippen LogP contribution in [0, 0.1) is 30.2 Å². The molecule has 1 aromatic carbocycles. The lowest BCUT2D eigenvalue weighted by atomic mass is 10.1. The largest absolute Gasteiger partial charge is 0.203 e. The first-order valence-electron chi connectivity index (χ1n) is 9.96. The molecule has 0 heterocycles. The fourth-order valence-corrected chi connectivity index (χ4v) is 3.95. The molecule has 0 atom stereocenters. The number of rotatable bonds is 14. The van der Waals surface area contributed by atoms with E-state index < -0.39 is 33.7 Å². The Morgan fingerprint density at radius 2 is 0.962 bits per heavy atom. The Morgan fingerprint density at radius 1 is 0.577 bits per heavy atom. The molecule has 0 nitrogen and oxygen atoms in total. The highest BCUT2D eigenvalue weighted by Gasteiger charge is 2.22. The predicted molar refractivity (Wildman–Crippen MR) is 103 cm³/mol. The summed E-state index contributed by atoms with van der Waals surface area (Å²) >= 11 is 0.862. The van der Waals surface area contributed by atoms with Gasteiger partial charge in [-0.2, -0.15) is 0 Å². The molecule has 0 amide bonds. The van der Waals surface area contributed by atoms with Crippen molar-refractivity contribution in [1.29, 1.82) is 0 Å². The minimum absolute atomic E-state index is 0.465. The Morgan fingerprint density at radius 3 is 1.38 bits per heavy atom. The van der Waals surface area contributed by atoms with Gasteiger partial charge in [0.1, 0.15) is 0 Å². The van der Waals surface area contributed by atoms with E-state index in [0.717, 1.165) is 37.9 Å². The highest BCUT2D eigenvalue weighted by Crippen LogP contribution is 2.31. The molecule has 0 spiro atoms. The van der Waals surface area contributed by atoms with Gasteiger partial charge in [-0.25, -0.2) is 17.6 Å². The van der Waals surface area contributed by atoms with Crippen molar-refractivity contribution in [2.45, 2.75) is 95.8 Å². The minimum Gasteiger partial charge on any atom is -0.203 e. The van der Waals surface area contributed by atoms with Gasteiger partial charge in [0.2, 0.25) is 0 Å². The van der Waals surface area contributed by atoms with E-state index in [9.17, 15) is 17.6 Å². The van der Waals surface area contributed by atoms with Crippen molar-refractivity contribution in [2.75, 3.05) is 5.75 Å². The van der Waals surface area contributed by atoms with Crippen LogP contribution in [0.25, 0.3) is 0 Å². The lowest BCUT2D eigenvalue weighted by Gasteiger charge is -2.09. The van der Waals surface area contributed by atoms with Crippen molar-refractivity contribution in [3.8, 4) is 0 Å². The minimum atomic E-state index is -1.29. The van der Waals surface area contributed by atoms with Gasteiger partial charge in [0.05, 0.1) is 4.90 Å². The smallest absolute Gasteiger partial charge is 0.175 e. The Kier molecular flexibility index (Phi) is 12.1. The molecule has 0 radical (unpaired) electrons. The molecule has 0 bridgehead atoms. The number of halogens is 4. The lowest BCUT2D eigenvalue weighted by Crippen LogP contribution is -2.02. The molecule has 0 aliphatic carbocycles. The standard InChI is InChI=1S/C21H32F4S/c1-3-4-5-6-7-8-9-10-11-12-13-14-15-26-21-19(24)17(22)16(2)18(23)20(21)25/h3-15H2,1-2H3. The van der Waals surface area contributed by atoms with Gasteiger partial charge in [-0.3, -0.25) is 0 Å². The predicted octanol–water partition coefficient (Wildman–Crippen LogP) is 8.34. The molecule has 26 heavy (non-hydrogen) atoms. The second-order valence-electron chi connectivity index (χ2n) is 6.95. The van der Waals surface area contributed by atoms with Gasteiger partial charge in [-0.05, 0) is 19.1 Å². The van der Waals surface area contributed by atoms with Gasteiger partial charge >= 0.3 is 0 Å². The Labute approximate surface area is 160 Å². The molecule has 0 saturated heterocycles. The zero-order valence-corrected chi connectivity index (χ0v) is 16.9. The molecule has 0 aromatic heterocycles. The molecule has 0 fully saturated rings. The monoisotopic (exact) mass is 392 g/mol. The van der Waals surface area contributed by atoms with Gasteiger partial charge in [0.25, 0.3) is 0 Å². The van der Waals surface area contributed by atoms with E-state index in [0.29, 0.717) is 5.75 Å². The van der Waals surface area contributed by atoms with E-state index in [-0.39, 0.29) is 0 Å². The third-order valence-electron chi connectivity index (χ3n) is 4.69. The van der Waals surface area contributed by atoms with Gasteiger partial charge in [0, 0.05) is 5.56 Å². The second-order valence-corrected chi connectivity index (χ2v) is 8.05. The molecule has 0 unspecified atom stereocenters. The van der Waals surface area contributed by atoms with Crippen molar-refractivity contribution in [3.63, 3.8) is 0 Å². The number of thioether (sulfide) groups is 1. The van der Waals surface area contributed by atoms with Crippen LogP contribution in [0.5, 0.6) is 0 Å². The quantitative estimate of drug-likeness (QED) is 0.133. The molecule has 1 aromatic rings. The maximum atomic E-state index is 13.7. The Hall–Kier alpha value is -0.710. The summed E-state index contributed by atoms with van der Waals surface area (Å²) in [6, 6.07) is 0. The van der Waals surface area contributed by atoms with E-state index in [1.165, 1.54) is 57.8 Å². The van der Waals surface area contributed by atoms with Crippen LogP contribution in [0.4, 0.5) is 17.6 Å². The van der Waals surface area contributed by atoms with Crippen LogP contribution in [-0.2, 0) is 0 Å². The van der Waals surface area contributed by atoms with Crippen LogP contribution < -0.4 is 0 Å². The van der Waals surface area contributed by atoms with Crippen LogP contribution in [0.2, 0.25) is 0 Å². The molecule has 0 saturated carbocycles. The first kappa shape index (κ1) is 23.3. The molecule has 1 rings (SSSR count). The van der Waals surface area contributed by atoms with Crippen LogP contribution in [0.1, 0.15) is 89.5 Å². The number of hydrogen-bond acceptors (Lipinski definition) is 1. The summed E-state index contributed by atoms with van der Waals surface area (Å²) in [5.74, 6) is -4.66. The normalized spacial score (nSPS) is 11.3. The summed E-state index contributed by atoms with van der Waals surface area (Å²) in [6.45, 7) is 3.26. The molecule has 0 N–H and O–H groups in total. The fraction of sp³-hybridized carbons (Fsp3) is 0.714. The summed E-state index contributed by atoms with van der Waals surface area (Å²) in [6.07, 6.45) is 14.5. The number of benzene rings is 1. The highest BCUT2D eigenvalue weighted by molar-refractivity contribution is 7.99. The SMILES string of the molecule is CCCCCCCCCCCCCCSc1c(F)c(F)c(C)c(F)c1F.